The van der Waals surface area contributed by atoms with Crippen molar-refractivity contribution in [1.82, 2.24) is 0 Å². The van der Waals surface area contributed by atoms with Gasteiger partial charge in [-0.2, -0.15) is 0 Å². The first-order valence-corrected chi connectivity index (χ1v) is 8.07. The SMILES string of the molecule is COc1ccc(C(Br)c2ccc3c(c2)CCC3)cc1Cl. The normalized spacial score (nSPS) is 14.9. The van der Waals surface area contributed by atoms with E-state index in [1.807, 2.05) is 12.1 Å². The number of aryl methyl sites for hydroxylation is 2. The molecule has 0 saturated heterocycles. The van der Waals surface area contributed by atoms with Gasteiger partial charge in [-0.25, -0.2) is 0 Å². The number of rotatable bonds is 3. The van der Waals surface area contributed by atoms with Gasteiger partial charge in [0, 0.05) is 0 Å². The molecule has 2 aromatic rings. The van der Waals surface area contributed by atoms with Gasteiger partial charge < -0.3 is 4.74 Å². The number of halogens is 2. The molecule has 0 spiro atoms. The second-order valence-electron chi connectivity index (χ2n) is 5.14. The van der Waals surface area contributed by atoms with Crippen LogP contribution < -0.4 is 4.74 Å². The van der Waals surface area contributed by atoms with Crippen molar-refractivity contribution in [2.24, 2.45) is 0 Å². The molecule has 0 heterocycles. The summed E-state index contributed by atoms with van der Waals surface area (Å²) in [6, 6.07) is 12.7. The molecule has 3 rings (SSSR count). The van der Waals surface area contributed by atoms with E-state index in [-0.39, 0.29) is 4.83 Å². The van der Waals surface area contributed by atoms with Crippen molar-refractivity contribution < 1.29 is 4.74 Å². The van der Waals surface area contributed by atoms with Crippen LogP contribution in [0.3, 0.4) is 0 Å². The van der Waals surface area contributed by atoms with Gasteiger partial charge in [0.15, 0.2) is 0 Å². The standard InChI is InChI=1S/C17H16BrClO/c1-20-16-8-7-14(10-15(16)19)17(18)13-6-5-11-3-2-4-12(11)9-13/h5-10,17H,2-4H2,1H3. The molecule has 1 unspecified atom stereocenters. The lowest BCUT2D eigenvalue weighted by atomic mass is 10.0. The van der Waals surface area contributed by atoms with Crippen LogP contribution in [0.15, 0.2) is 36.4 Å². The monoisotopic (exact) mass is 350 g/mol. The zero-order valence-electron chi connectivity index (χ0n) is 11.3. The first-order valence-electron chi connectivity index (χ1n) is 6.78. The van der Waals surface area contributed by atoms with Crippen molar-refractivity contribution in [1.29, 1.82) is 0 Å². The van der Waals surface area contributed by atoms with E-state index >= 15 is 0 Å². The van der Waals surface area contributed by atoms with Gasteiger partial charge in [-0.05, 0) is 53.6 Å². The average molecular weight is 352 g/mol. The molecule has 3 heteroatoms. The fourth-order valence-corrected chi connectivity index (χ4v) is 3.62. The molecule has 1 atom stereocenters. The summed E-state index contributed by atoms with van der Waals surface area (Å²) in [7, 11) is 1.63. The predicted octanol–water partition coefficient (Wildman–Crippen LogP) is 5.32. The van der Waals surface area contributed by atoms with Gasteiger partial charge in [-0.1, -0.05) is 51.8 Å². The van der Waals surface area contributed by atoms with Crippen molar-refractivity contribution in [3.8, 4) is 5.75 Å². The molecule has 1 aliphatic carbocycles. The van der Waals surface area contributed by atoms with Gasteiger partial charge in [0.05, 0.1) is 17.0 Å². The lowest BCUT2D eigenvalue weighted by Crippen LogP contribution is -1.95. The minimum Gasteiger partial charge on any atom is -0.495 e. The number of alkyl halides is 1. The van der Waals surface area contributed by atoms with E-state index in [0.717, 1.165) is 5.56 Å². The second-order valence-corrected chi connectivity index (χ2v) is 6.46. The van der Waals surface area contributed by atoms with E-state index in [1.165, 1.54) is 36.0 Å². The summed E-state index contributed by atoms with van der Waals surface area (Å²) in [6.45, 7) is 0. The van der Waals surface area contributed by atoms with Gasteiger partial charge in [0.2, 0.25) is 0 Å². The second kappa shape index (κ2) is 5.79. The molecule has 1 nitrogen and oxygen atoms in total. The molecule has 104 valence electrons. The van der Waals surface area contributed by atoms with E-state index in [0.29, 0.717) is 10.8 Å². The number of fused-ring (bicyclic) bond motifs is 1. The molecule has 20 heavy (non-hydrogen) atoms. The molecule has 0 aliphatic heterocycles. The Morgan fingerprint density at radius 3 is 2.50 bits per heavy atom. The van der Waals surface area contributed by atoms with Gasteiger partial charge in [-0.15, -0.1) is 0 Å². The highest BCUT2D eigenvalue weighted by Crippen LogP contribution is 2.36. The summed E-state index contributed by atoms with van der Waals surface area (Å²) in [6.07, 6.45) is 3.70. The Hall–Kier alpha value is -0.990. The van der Waals surface area contributed by atoms with Crippen LogP contribution in [-0.4, -0.2) is 7.11 Å². The van der Waals surface area contributed by atoms with Crippen LogP contribution in [0.25, 0.3) is 0 Å². The average Bonchev–Trinajstić information content (AvgIpc) is 2.93. The first-order chi connectivity index (χ1) is 9.69. The molecule has 0 bridgehead atoms. The molecule has 0 N–H and O–H groups in total. The van der Waals surface area contributed by atoms with E-state index in [9.17, 15) is 0 Å². The Kier molecular flexibility index (Phi) is 4.04. The van der Waals surface area contributed by atoms with Crippen molar-refractivity contribution >= 4 is 27.5 Å². The van der Waals surface area contributed by atoms with Crippen molar-refractivity contribution in [3.63, 3.8) is 0 Å². The maximum absolute atomic E-state index is 6.21. The zero-order valence-corrected chi connectivity index (χ0v) is 13.7. The Morgan fingerprint density at radius 1 is 1.05 bits per heavy atom. The highest BCUT2D eigenvalue weighted by Gasteiger charge is 2.16. The lowest BCUT2D eigenvalue weighted by molar-refractivity contribution is 0.415. The minimum atomic E-state index is 0.164. The van der Waals surface area contributed by atoms with Crippen molar-refractivity contribution in [2.75, 3.05) is 7.11 Å². The topological polar surface area (TPSA) is 9.23 Å². The third-order valence-corrected chi connectivity index (χ3v) is 5.24. The summed E-state index contributed by atoms with van der Waals surface area (Å²) < 4.78 is 5.20. The first kappa shape index (κ1) is 14.0. The van der Waals surface area contributed by atoms with E-state index in [2.05, 4.69) is 40.2 Å². The highest BCUT2D eigenvalue weighted by molar-refractivity contribution is 9.09. The summed E-state index contributed by atoms with van der Waals surface area (Å²) in [5.41, 5.74) is 5.42. The van der Waals surface area contributed by atoms with Crippen LogP contribution in [0.4, 0.5) is 0 Å². The molecule has 0 fully saturated rings. The number of methoxy groups -OCH3 is 1. The molecule has 1 aliphatic rings. The van der Waals surface area contributed by atoms with Crippen molar-refractivity contribution in [3.05, 3.63) is 63.7 Å². The van der Waals surface area contributed by atoms with Gasteiger partial charge in [-0.3, -0.25) is 0 Å². The summed E-state index contributed by atoms with van der Waals surface area (Å²) in [5, 5.41) is 0.649. The quantitative estimate of drug-likeness (QED) is 0.680. The molecule has 0 aromatic heterocycles. The van der Waals surface area contributed by atoms with E-state index < -0.39 is 0 Å². The smallest absolute Gasteiger partial charge is 0.137 e. The van der Waals surface area contributed by atoms with Crippen LogP contribution in [-0.2, 0) is 12.8 Å². The summed E-state index contributed by atoms with van der Waals surface area (Å²) in [4.78, 5) is 0.164. The zero-order chi connectivity index (χ0) is 14.1. The maximum atomic E-state index is 6.21. The summed E-state index contributed by atoms with van der Waals surface area (Å²) >= 11 is 9.99. The van der Waals surface area contributed by atoms with Gasteiger partial charge in [0.1, 0.15) is 5.75 Å². The minimum absolute atomic E-state index is 0.164. The van der Waals surface area contributed by atoms with Crippen LogP contribution in [0.2, 0.25) is 5.02 Å². The Morgan fingerprint density at radius 2 is 1.75 bits per heavy atom. The predicted molar refractivity (Wildman–Crippen MR) is 87.2 cm³/mol. The van der Waals surface area contributed by atoms with Crippen LogP contribution in [0.5, 0.6) is 5.75 Å². The maximum Gasteiger partial charge on any atom is 0.137 e. The van der Waals surface area contributed by atoms with Crippen LogP contribution >= 0.6 is 27.5 Å². The molecular formula is C17H16BrClO. The largest absolute Gasteiger partial charge is 0.495 e. The molecule has 0 saturated carbocycles. The van der Waals surface area contributed by atoms with Crippen LogP contribution in [0.1, 0.15) is 33.5 Å². The molecule has 0 amide bonds. The number of ether oxygens (including phenoxy) is 1. The molecule has 2 aromatic carbocycles. The number of benzene rings is 2. The van der Waals surface area contributed by atoms with E-state index in [1.54, 1.807) is 7.11 Å². The fraction of sp³-hybridized carbons (Fsp3) is 0.294. The molecule has 0 radical (unpaired) electrons. The Labute approximate surface area is 133 Å². The third-order valence-electron chi connectivity index (χ3n) is 3.88. The number of hydrogen-bond donors (Lipinski definition) is 0. The lowest BCUT2D eigenvalue weighted by Gasteiger charge is -2.14. The van der Waals surface area contributed by atoms with Crippen LogP contribution in [0, 0.1) is 0 Å². The van der Waals surface area contributed by atoms with E-state index in [4.69, 9.17) is 16.3 Å². The van der Waals surface area contributed by atoms with Gasteiger partial charge in [0.25, 0.3) is 0 Å². The Balaban J connectivity index is 1.92. The molecular weight excluding hydrogens is 336 g/mol. The fourth-order valence-electron chi connectivity index (χ4n) is 2.78. The number of hydrogen-bond acceptors (Lipinski definition) is 1. The Bertz CT molecular complexity index is 639. The highest BCUT2D eigenvalue weighted by atomic mass is 79.9. The van der Waals surface area contributed by atoms with Gasteiger partial charge >= 0.3 is 0 Å². The third kappa shape index (κ3) is 2.59. The van der Waals surface area contributed by atoms with Crippen molar-refractivity contribution in [2.45, 2.75) is 24.1 Å². The summed E-state index contributed by atoms with van der Waals surface area (Å²) in [5.74, 6) is 0.712.